The van der Waals surface area contributed by atoms with Gasteiger partial charge in [-0.25, -0.2) is 4.79 Å². The number of benzene rings is 1. The number of β-lactam (4-membered cyclic amide) rings is 1. The average molecular weight is 455 g/mol. The monoisotopic (exact) mass is 454 g/mol. The summed E-state index contributed by atoms with van der Waals surface area (Å²) in [4.78, 5) is 38.0. The van der Waals surface area contributed by atoms with E-state index in [2.05, 4.69) is 21.2 Å². The number of hydrogen-bond acceptors (Lipinski definition) is 6. The van der Waals surface area contributed by atoms with E-state index < -0.39 is 18.1 Å². The van der Waals surface area contributed by atoms with Crippen molar-refractivity contribution in [3.8, 4) is 5.75 Å². The lowest BCUT2D eigenvalue weighted by Gasteiger charge is -2.51. The van der Waals surface area contributed by atoms with Crippen LogP contribution in [0.1, 0.15) is 12.5 Å². The lowest BCUT2D eigenvalue weighted by Crippen LogP contribution is -2.73. The number of ether oxygens (including phenoxy) is 2. The SMILES string of the molecule is COc1ccc(COC(=O)C2C(CBr)=CS[C@H]3C(NC(C)=O)C(=O)N23)cc1. The van der Waals surface area contributed by atoms with E-state index in [1.165, 1.54) is 23.6 Å². The first-order valence-corrected chi connectivity index (χ1v) is 10.3. The second kappa shape index (κ2) is 8.35. The Kier molecular flexibility index (Phi) is 6.11. The molecule has 2 aliphatic heterocycles. The molecule has 2 aliphatic rings. The highest BCUT2D eigenvalue weighted by atomic mass is 79.9. The summed E-state index contributed by atoms with van der Waals surface area (Å²) in [5, 5.41) is 4.64. The largest absolute Gasteiger partial charge is 0.497 e. The van der Waals surface area contributed by atoms with Gasteiger partial charge >= 0.3 is 5.97 Å². The Hall–Kier alpha value is -2.00. The van der Waals surface area contributed by atoms with Crippen LogP contribution in [0.25, 0.3) is 0 Å². The van der Waals surface area contributed by atoms with Gasteiger partial charge in [0, 0.05) is 12.3 Å². The molecule has 9 heteroatoms. The van der Waals surface area contributed by atoms with E-state index in [0.717, 1.165) is 16.9 Å². The van der Waals surface area contributed by atoms with E-state index in [-0.39, 0.29) is 23.8 Å². The van der Waals surface area contributed by atoms with E-state index in [9.17, 15) is 14.4 Å². The van der Waals surface area contributed by atoms with Gasteiger partial charge in [-0.1, -0.05) is 28.1 Å². The van der Waals surface area contributed by atoms with Gasteiger partial charge in [0.25, 0.3) is 0 Å². The lowest BCUT2D eigenvalue weighted by atomic mass is 9.99. The molecule has 2 amide bonds. The summed E-state index contributed by atoms with van der Waals surface area (Å²) in [6.07, 6.45) is 0. The molecule has 144 valence electrons. The number of halogens is 1. The third kappa shape index (κ3) is 3.98. The lowest BCUT2D eigenvalue weighted by molar-refractivity contribution is -0.163. The van der Waals surface area contributed by atoms with Gasteiger partial charge in [-0.15, -0.1) is 11.8 Å². The van der Waals surface area contributed by atoms with Crippen molar-refractivity contribution < 1.29 is 23.9 Å². The number of rotatable bonds is 6. The van der Waals surface area contributed by atoms with Gasteiger partial charge in [0.1, 0.15) is 23.8 Å². The van der Waals surface area contributed by atoms with Gasteiger partial charge < -0.3 is 19.7 Å². The number of fused-ring (bicyclic) bond motifs is 1. The maximum Gasteiger partial charge on any atom is 0.333 e. The summed E-state index contributed by atoms with van der Waals surface area (Å²) in [6, 6.07) is 5.81. The number of nitrogens with zero attached hydrogens (tertiary/aromatic N) is 1. The normalized spacial score (nSPS) is 23.7. The molecule has 0 aliphatic carbocycles. The maximum atomic E-state index is 12.7. The molecule has 2 heterocycles. The van der Waals surface area contributed by atoms with Gasteiger partial charge in [-0.2, -0.15) is 0 Å². The van der Waals surface area contributed by atoms with Crippen LogP contribution in [0.5, 0.6) is 5.75 Å². The third-order valence-electron chi connectivity index (χ3n) is 4.34. The number of esters is 1. The number of amides is 2. The molecule has 0 spiro atoms. The summed E-state index contributed by atoms with van der Waals surface area (Å²) < 4.78 is 10.6. The number of carbonyl (C=O) groups excluding carboxylic acids is 3. The number of methoxy groups -OCH3 is 1. The molecule has 1 saturated heterocycles. The van der Waals surface area contributed by atoms with E-state index >= 15 is 0 Å². The molecular formula is C18H19BrN2O5S. The van der Waals surface area contributed by atoms with Crippen molar-refractivity contribution >= 4 is 45.5 Å². The summed E-state index contributed by atoms with van der Waals surface area (Å²) in [5.74, 6) is -0.323. The minimum atomic E-state index is -0.786. The first kappa shape index (κ1) is 19.8. The Morgan fingerprint density at radius 2 is 2.00 bits per heavy atom. The van der Waals surface area contributed by atoms with E-state index in [1.807, 2.05) is 17.5 Å². The molecule has 3 rings (SSSR count). The van der Waals surface area contributed by atoms with Crippen LogP contribution in [0.2, 0.25) is 0 Å². The van der Waals surface area contributed by atoms with Crippen LogP contribution in [0.15, 0.2) is 35.2 Å². The molecule has 0 radical (unpaired) electrons. The topological polar surface area (TPSA) is 84.9 Å². The predicted octanol–water partition coefficient (Wildman–Crippen LogP) is 1.81. The molecule has 1 N–H and O–H groups in total. The zero-order valence-electron chi connectivity index (χ0n) is 14.8. The molecule has 1 aromatic rings. The Labute approximate surface area is 169 Å². The van der Waals surface area contributed by atoms with Gasteiger partial charge in [0.15, 0.2) is 6.04 Å². The summed E-state index contributed by atoms with van der Waals surface area (Å²) >= 11 is 4.78. The molecule has 2 unspecified atom stereocenters. The second-order valence-electron chi connectivity index (χ2n) is 6.14. The fraction of sp³-hybridized carbons (Fsp3) is 0.389. The minimum absolute atomic E-state index is 0.101. The average Bonchev–Trinajstić information content (AvgIpc) is 2.69. The van der Waals surface area contributed by atoms with Crippen molar-refractivity contribution in [2.75, 3.05) is 12.4 Å². The number of nitrogens with one attached hydrogen (secondary N) is 1. The Morgan fingerprint density at radius 1 is 1.30 bits per heavy atom. The standard InChI is InChI=1S/C18H19BrN2O5S/c1-10(22)20-14-16(23)21-15(12(7-19)9-27-17(14)21)18(24)26-8-11-3-5-13(25-2)6-4-11/h3-6,9,14-15,17H,7-8H2,1-2H3,(H,20,22)/t14?,15?,17-/m0/s1. The Bertz CT molecular complexity index is 782. The van der Waals surface area contributed by atoms with E-state index in [4.69, 9.17) is 9.47 Å². The molecular weight excluding hydrogens is 436 g/mol. The predicted molar refractivity (Wildman–Crippen MR) is 104 cm³/mol. The van der Waals surface area contributed by atoms with Gasteiger partial charge in [0.2, 0.25) is 11.8 Å². The highest BCUT2D eigenvalue weighted by Crippen LogP contribution is 2.40. The molecule has 0 saturated carbocycles. The summed E-state index contributed by atoms with van der Waals surface area (Å²) in [6.45, 7) is 1.47. The third-order valence-corrected chi connectivity index (χ3v) is 6.21. The van der Waals surface area contributed by atoms with Crippen molar-refractivity contribution in [3.63, 3.8) is 0 Å². The van der Waals surface area contributed by atoms with Crippen LogP contribution in [-0.2, 0) is 25.7 Å². The number of thioether (sulfide) groups is 1. The van der Waals surface area contributed by atoms with Crippen LogP contribution in [-0.4, -0.2) is 52.6 Å². The molecule has 7 nitrogen and oxygen atoms in total. The van der Waals surface area contributed by atoms with Crippen molar-refractivity contribution in [3.05, 3.63) is 40.8 Å². The fourth-order valence-corrected chi connectivity index (χ4v) is 4.89. The van der Waals surface area contributed by atoms with E-state index in [0.29, 0.717) is 5.33 Å². The van der Waals surface area contributed by atoms with Crippen LogP contribution in [0, 0.1) is 0 Å². The fourth-order valence-electron chi connectivity index (χ4n) is 2.98. The first-order chi connectivity index (χ1) is 13.0. The Morgan fingerprint density at radius 3 is 2.59 bits per heavy atom. The van der Waals surface area contributed by atoms with Gasteiger partial charge in [-0.05, 0) is 28.7 Å². The summed E-state index contributed by atoms with van der Waals surface area (Å²) in [5.41, 5.74) is 1.58. The number of hydrogen-bond donors (Lipinski definition) is 1. The Balaban J connectivity index is 1.69. The van der Waals surface area contributed by atoms with Gasteiger partial charge in [0.05, 0.1) is 7.11 Å². The smallest absolute Gasteiger partial charge is 0.333 e. The number of alkyl halides is 1. The number of carbonyl (C=O) groups is 3. The molecule has 0 bridgehead atoms. The van der Waals surface area contributed by atoms with Crippen LogP contribution in [0.3, 0.4) is 0 Å². The maximum absolute atomic E-state index is 12.7. The second-order valence-corrected chi connectivity index (χ2v) is 7.69. The van der Waals surface area contributed by atoms with Crippen LogP contribution in [0.4, 0.5) is 0 Å². The van der Waals surface area contributed by atoms with Crippen LogP contribution < -0.4 is 10.1 Å². The summed E-state index contributed by atoms with van der Waals surface area (Å²) in [7, 11) is 1.58. The van der Waals surface area contributed by atoms with Crippen molar-refractivity contribution in [1.82, 2.24) is 10.2 Å². The zero-order chi connectivity index (χ0) is 19.6. The van der Waals surface area contributed by atoms with Crippen molar-refractivity contribution in [2.45, 2.75) is 31.0 Å². The minimum Gasteiger partial charge on any atom is -0.497 e. The quantitative estimate of drug-likeness (QED) is 0.400. The molecule has 1 aromatic carbocycles. The molecule has 1 fully saturated rings. The van der Waals surface area contributed by atoms with Crippen molar-refractivity contribution in [2.24, 2.45) is 0 Å². The molecule has 0 aromatic heterocycles. The zero-order valence-corrected chi connectivity index (χ0v) is 17.2. The highest BCUT2D eigenvalue weighted by molar-refractivity contribution is 9.09. The molecule has 3 atom stereocenters. The van der Waals surface area contributed by atoms with Gasteiger partial charge in [-0.3, -0.25) is 9.59 Å². The van der Waals surface area contributed by atoms with Crippen LogP contribution >= 0.6 is 27.7 Å². The molecule has 27 heavy (non-hydrogen) atoms. The highest BCUT2D eigenvalue weighted by Gasteiger charge is 2.55. The van der Waals surface area contributed by atoms with Crippen molar-refractivity contribution in [1.29, 1.82) is 0 Å². The van der Waals surface area contributed by atoms with E-state index in [1.54, 1.807) is 19.2 Å². The first-order valence-electron chi connectivity index (χ1n) is 8.25.